The van der Waals surface area contributed by atoms with Crippen LogP contribution in [0.15, 0.2) is 18.3 Å². The number of halogens is 1. The summed E-state index contributed by atoms with van der Waals surface area (Å²) in [6.07, 6.45) is 2.62. The first-order valence-electron chi connectivity index (χ1n) is 8.40. The fourth-order valence-electron chi connectivity index (χ4n) is 2.67. The third-order valence-electron chi connectivity index (χ3n) is 4.14. The fourth-order valence-corrected chi connectivity index (χ4v) is 2.67. The van der Waals surface area contributed by atoms with Crippen LogP contribution in [0.2, 0.25) is 0 Å². The SMILES string of the molecule is CCOC(=O)c1cnc2c(C)c(C)ccc2c1NCCCN(C)C.Cl. The van der Waals surface area contributed by atoms with E-state index in [2.05, 4.69) is 49.2 Å². The normalized spacial score (nSPS) is 10.6. The second-order valence-electron chi connectivity index (χ2n) is 6.25. The van der Waals surface area contributed by atoms with Gasteiger partial charge in [0.05, 0.1) is 17.8 Å². The molecule has 0 amide bonds. The first-order valence-corrected chi connectivity index (χ1v) is 8.40. The van der Waals surface area contributed by atoms with Crippen molar-refractivity contribution in [3.05, 3.63) is 35.0 Å². The van der Waals surface area contributed by atoms with E-state index in [1.807, 2.05) is 13.0 Å². The first-order chi connectivity index (χ1) is 11.5. The van der Waals surface area contributed by atoms with Crippen LogP contribution < -0.4 is 5.32 Å². The van der Waals surface area contributed by atoms with Gasteiger partial charge in [-0.05, 0) is 59.0 Å². The van der Waals surface area contributed by atoms with Crippen LogP contribution in [0.25, 0.3) is 10.9 Å². The van der Waals surface area contributed by atoms with Crippen molar-refractivity contribution < 1.29 is 9.53 Å². The van der Waals surface area contributed by atoms with Crippen molar-refractivity contribution >= 4 is 35.0 Å². The molecular weight excluding hydrogens is 338 g/mol. The molecule has 1 aromatic carbocycles. The Kier molecular flexibility index (Phi) is 8.13. The number of nitrogens with one attached hydrogen (secondary N) is 1. The lowest BCUT2D eigenvalue weighted by Crippen LogP contribution is -2.18. The number of hydrogen-bond donors (Lipinski definition) is 1. The lowest BCUT2D eigenvalue weighted by Gasteiger charge is -2.16. The molecule has 1 N–H and O–H groups in total. The maximum atomic E-state index is 12.3. The Labute approximate surface area is 156 Å². The molecule has 5 nitrogen and oxygen atoms in total. The number of fused-ring (bicyclic) bond motifs is 1. The van der Waals surface area contributed by atoms with E-state index in [0.717, 1.165) is 41.7 Å². The number of hydrogen-bond acceptors (Lipinski definition) is 5. The minimum Gasteiger partial charge on any atom is -0.462 e. The fraction of sp³-hybridized carbons (Fsp3) is 0.474. The molecule has 0 saturated carbocycles. The summed E-state index contributed by atoms with van der Waals surface area (Å²) in [6, 6.07) is 4.10. The van der Waals surface area contributed by atoms with Gasteiger partial charge in [-0.15, -0.1) is 12.4 Å². The Morgan fingerprint density at radius 1 is 1.28 bits per heavy atom. The topological polar surface area (TPSA) is 54.5 Å². The van der Waals surface area contributed by atoms with Gasteiger partial charge in [-0.25, -0.2) is 4.79 Å². The van der Waals surface area contributed by atoms with Crippen molar-refractivity contribution in [2.75, 3.05) is 39.1 Å². The predicted octanol–water partition coefficient (Wildman–Crippen LogP) is 3.81. The molecule has 1 heterocycles. The van der Waals surface area contributed by atoms with Gasteiger partial charge >= 0.3 is 5.97 Å². The number of carbonyl (C=O) groups excluding carboxylic acids is 1. The standard InChI is InChI=1S/C19H27N3O2.ClH/c1-6-24-19(23)16-12-21-17-14(3)13(2)8-9-15(17)18(16)20-10-7-11-22(4)5;/h8-9,12H,6-7,10-11H2,1-5H3,(H,20,21);1H. The van der Waals surface area contributed by atoms with Gasteiger partial charge in [-0.2, -0.15) is 0 Å². The Balaban J connectivity index is 0.00000312. The number of carbonyl (C=O) groups is 1. The van der Waals surface area contributed by atoms with Crippen LogP contribution in [0.3, 0.4) is 0 Å². The van der Waals surface area contributed by atoms with Crippen molar-refractivity contribution in [2.24, 2.45) is 0 Å². The minimum absolute atomic E-state index is 0. The third-order valence-corrected chi connectivity index (χ3v) is 4.14. The summed E-state index contributed by atoms with van der Waals surface area (Å²) in [5.74, 6) is -0.333. The van der Waals surface area contributed by atoms with Crippen LogP contribution in [0, 0.1) is 13.8 Å². The van der Waals surface area contributed by atoms with Gasteiger partial charge in [0.2, 0.25) is 0 Å². The maximum absolute atomic E-state index is 12.3. The van der Waals surface area contributed by atoms with E-state index in [1.165, 1.54) is 5.56 Å². The molecule has 138 valence electrons. The number of aryl methyl sites for hydroxylation is 2. The molecule has 0 spiro atoms. The lowest BCUT2D eigenvalue weighted by molar-refractivity contribution is 0.0527. The number of ether oxygens (including phenoxy) is 1. The maximum Gasteiger partial charge on any atom is 0.341 e. The number of esters is 1. The highest BCUT2D eigenvalue weighted by Crippen LogP contribution is 2.29. The molecule has 6 heteroatoms. The second kappa shape index (κ2) is 9.59. The van der Waals surface area contributed by atoms with Crippen molar-refractivity contribution in [2.45, 2.75) is 27.2 Å². The molecule has 0 radical (unpaired) electrons. The third kappa shape index (κ3) is 5.06. The highest BCUT2D eigenvalue weighted by atomic mass is 35.5. The molecule has 0 saturated heterocycles. The highest BCUT2D eigenvalue weighted by molar-refractivity contribution is 6.05. The van der Waals surface area contributed by atoms with E-state index in [9.17, 15) is 4.79 Å². The Hall–Kier alpha value is -1.85. The number of nitrogens with zero attached hydrogens (tertiary/aromatic N) is 2. The molecule has 1 aromatic heterocycles. The van der Waals surface area contributed by atoms with E-state index in [4.69, 9.17) is 4.74 Å². The summed E-state index contributed by atoms with van der Waals surface area (Å²) in [6.45, 7) is 8.07. The second-order valence-corrected chi connectivity index (χ2v) is 6.25. The van der Waals surface area contributed by atoms with Crippen molar-refractivity contribution in [3.8, 4) is 0 Å². The largest absolute Gasteiger partial charge is 0.462 e. The number of rotatable bonds is 7. The summed E-state index contributed by atoms with van der Waals surface area (Å²) in [7, 11) is 4.11. The summed E-state index contributed by atoms with van der Waals surface area (Å²) in [5, 5.41) is 4.40. The van der Waals surface area contributed by atoms with E-state index in [1.54, 1.807) is 6.20 Å². The van der Waals surface area contributed by atoms with E-state index < -0.39 is 0 Å². The van der Waals surface area contributed by atoms with Crippen LogP contribution in [0.4, 0.5) is 5.69 Å². The van der Waals surface area contributed by atoms with Crippen molar-refractivity contribution in [1.29, 1.82) is 0 Å². The molecule has 2 aromatic rings. The van der Waals surface area contributed by atoms with E-state index >= 15 is 0 Å². The number of aromatic nitrogens is 1. The van der Waals surface area contributed by atoms with Crippen LogP contribution in [-0.4, -0.2) is 49.6 Å². The lowest BCUT2D eigenvalue weighted by atomic mass is 10.0. The van der Waals surface area contributed by atoms with Gasteiger partial charge in [0.15, 0.2) is 0 Å². The van der Waals surface area contributed by atoms with Gasteiger partial charge in [0.1, 0.15) is 5.56 Å². The minimum atomic E-state index is -0.333. The molecule has 0 atom stereocenters. The molecule has 25 heavy (non-hydrogen) atoms. The number of benzene rings is 1. The van der Waals surface area contributed by atoms with Gasteiger partial charge < -0.3 is 15.0 Å². The first kappa shape index (κ1) is 21.2. The van der Waals surface area contributed by atoms with Crippen LogP contribution in [0.1, 0.15) is 34.8 Å². The molecule has 0 aliphatic heterocycles. The van der Waals surface area contributed by atoms with E-state index in [0.29, 0.717) is 12.2 Å². The smallest absolute Gasteiger partial charge is 0.341 e. The zero-order valence-corrected chi connectivity index (χ0v) is 16.5. The molecular formula is C19H28ClN3O2. The highest BCUT2D eigenvalue weighted by Gasteiger charge is 2.17. The van der Waals surface area contributed by atoms with E-state index in [-0.39, 0.29) is 18.4 Å². The average Bonchev–Trinajstić information content (AvgIpc) is 2.54. The number of pyridine rings is 1. The van der Waals surface area contributed by atoms with Crippen LogP contribution in [-0.2, 0) is 4.74 Å². The molecule has 0 aliphatic rings. The van der Waals surface area contributed by atoms with Crippen molar-refractivity contribution in [3.63, 3.8) is 0 Å². The molecule has 0 aliphatic carbocycles. The molecule has 0 fully saturated rings. The summed E-state index contributed by atoms with van der Waals surface area (Å²) >= 11 is 0. The zero-order valence-electron chi connectivity index (χ0n) is 15.7. The monoisotopic (exact) mass is 365 g/mol. The van der Waals surface area contributed by atoms with Gasteiger partial charge in [-0.3, -0.25) is 4.98 Å². The van der Waals surface area contributed by atoms with Gasteiger partial charge in [0, 0.05) is 18.1 Å². The Morgan fingerprint density at radius 2 is 2.00 bits per heavy atom. The Morgan fingerprint density at radius 3 is 2.64 bits per heavy atom. The summed E-state index contributed by atoms with van der Waals surface area (Å²) in [5.41, 5.74) is 4.58. The summed E-state index contributed by atoms with van der Waals surface area (Å²) in [4.78, 5) is 18.9. The Bertz CT molecular complexity index is 732. The molecule has 2 rings (SSSR count). The molecule has 0 unspecified atom stereocenters. The summed E-state index contributed by atoms with van der Waals surface area (Å²) < 4.78 is 5.19. The molecule has 0 bridgehead atoms. The number of anilines is 1. The van der Waals surface area contributed by atoms with Crippen LogP contribution in [0.5, 0.6) is 0 Å². The predicted molar refractivity (Wildman–Crippen MR) is 106 cm³/mol. The van der Waals surface area contributed by atoms with Crippen molar-refractivity contribution in [1.82, 2.24) is 9.88 Å². The van der Waals surface area contributed by atoms with Gasteiger partial charge in [-0.1, -0.05) is 12.1 Å². The van der Waals surface area contributed by atoms with Gasteiger partial charge in [0.25, 0.3) is 0 Å². The average molecular weight is 366 g/mol. The van der Waals surface area contributed by atoms with Crippen LogP contribution >= 0.6 is 12.4 Å². The zero-order chi connectivity index (χ0) is 17.7. The quantitative estimate of drug-likeness (QED) is 0.597.